The molecule has 142 valence electrons. The third-order valence-corrected chi connectivity index (χ3v) is 5.00. The number of hydrogen-bond acceptors (Lipinski definition) is 3. The highest BCUT2D eigenvalue weighted by Crippen LogP contribution is 2.26. The molecule has 5 nitrogen and oxygen atoms in total. The van der Waals surface area contributed by atoms with Gasteiger partial charge in [0.2, 0.25) is 11.8 Å². The van der Waals surface area contributed by atoms with E-state index < -0.39 is 0 Å². The number of nitrogens with one attached hydrogen (secondary N) is 1. The number of rotatable bonds is 7. The van der Waals surface area contributed by atoms with E-state index in [-0.39, 0.29) is 24.2 Å². The highest BCUT2D eigenvalue weighted by Gasteiger charge is 2.34. The molecular formula is C22H27N3O2. The van der Waals surface area contributed by atoms with Crippen molar-refractivity contribution in [3.8, 4) is 0 Å². The second kappa shape index (κ2) is 8.80. The molecule has 0 aliphatic carbocycles. The van der Waals surface area contributed by atoms with E-state index >= 15 is 0 Å². The number of hydrogen-bond donors (Lipinski definition) is 1. The molecule has 0 bridgehead atoms. The number of pyridine rings is 1. The molecule has 3 rings (SSSR count). The lowest BCUT2D eigenvalue weighted by atomic mass is 10.0. The Kier molecular flexibility index (Phi) is 6.22. The summed E-state index contributed by atoms with van der Waals surface area (Å²) in [6, 6.07) is 13.9. The number of aromatic nitrogens is 1. The van der Waals surface area contributed by atoms with Gasteiger partial charge in [-0.05, 0) is 48.6 Å². The molecule has 0 spiro atoms. The van der Waals surface area contributed by atoms with Gasteiger partial charge in [-0.1, -0.05) is 32.0 Å². The molecule has 2 amide bonds. The molecule has 1 aliphatic heterocycles. The number of anilines is 1. The summed E-state index contributed by atoms with van der Waals surface area (Å²) < 4.78 is 0. The van der Waals surface area contributed by atoms with Gasteiger partial charge in [-0.25, -0.2) is 0 Å². The smallest absolute Gasteiger partial charge is 0.227 e. The molecule has 5 heteroatoms. The van der Waals surface area contributed by atoms with Crippen molar-refractivity contribution >= 4 is 17.5 Å². The van der Waals surface area contributed by atoms with Crippen LogP contribution in [0.3, 0.4) is 0 Å². The van der Waals surface area contributed by atoms with E-state index in [1.807, 2.05) is 30.3 Å². The molecule has 1 aromatic heterocycles. The Hall–Kier alpha value is -2.69. The van der Waals surface area contributed by atoms with E-state index in [0.29, 0.717) is 19.0 Å². The van der Waals surface area contributed by atoms with E-state index in [9.17, 15) is 9.59 Å². The van der Waals surface area contributed by atoms with E-state index in [0.717, 1.165) is 24.2 Å². The predicted octanol–water partition coefficient (Wildman–Crippen LogP) is 3.31. The second-order valence-electron chi connectivity index (χ2n) is 7.37. The maximum atomic E-state index is 12.4. The fourth-order valence-corrected chi connectivity index (χ4v) is 3.34. The van der Waals surface area contributed by atoms with Gasteiger partial charge in [0.15, 0.2) is 0 Å². The quantitative estimate of drug-likeness (QED) is 0.766. The van der Waals surface area contributed by atoms with Gasteiger partial charge in [0, 0.05) is 37.1 Å². The number of aryl methyl sites for hydroxylation is 1. The van der Waals surface area contributed by atoms with Crippen LogP contribution >= 0.6 is 0 Å². The minimum Gasteiger partial charge on any atom is -0.356 e. The maximum absolute atomic E-state index is 12.4. The summed E-state index contributed by atoms with van der Waals surface area (Å²) >= 11 is 0. The normalized spacial score (nSPS) is 16.8. The van der Waals surface area contributed by atoms with Crippen LogP contribution in [0, 0.1) is 5.92 Å². The van der Waals surface area contributed by atoms with Gasteiger partial charge >= 0.3 is 0 Å². The Morgan fingerprint density at radius 3 is 2.67 bits per heavy atom. The maximum Gasteiger partial charge on any atom is 0.227 e. The lowest BCUT2D eigenvalue weighted by molar-refractivity contribution is -0.126. The molecule has 1 aromatic carbocycles. The zero-order valence-electron chi connectivity index (χ0n) is 16.0. The van der Waals surface area contributed by atoms with Gasteiger partial charge in [0.1, 0.15) is 0 Å². The number of carbonyl (C=O) groups is 2. The van der Waals surface area contributed by atoms with Crippen LogP contribution in [0.1, 0.15) is 43.9 Å². The second-order valence-corrected chi connectivity index (χ2v) is 7.37. The molecule has 1 N–H and O–H groups in total. The number of nitrogens with zero attached hydrogens (tertiary/aromatic N) is 2. The average molecular weight is 365 g/mol. The standard InChI is InChI=1S/C22H27N3O2/c1-16(2)17-8-10-20(11-9-17)25-15-18(14-21(25)26)22(27)24-13-5-7-19-6-3-4-12-23-19/h3-4,6,8-12,16,18H,5,7,13-15H2,1-2H3,(H,24,27). The molecule has 0 saturated carbocycles. The monoisotopic (exact) mass is 365 g/mol. The molecule has 27 heavy (non-hydrogen) atoms. The van der Waals surface area contributed by atoms with Gasteiger partial charge in [0.05, 0.1) is 5.92 Å². The Bertz CT molecular complexity index is 772. The van der Waals surface area contributed by atoms with Crippen molar-refractivity contribution < 1.29 is 9.59 Å². The van der Waals surface area contributed by atoms with Gasteiger partial charge in [-0.2, -0.15) is 0 Å². The molecule has 1 fully saturated rings. The summed E-state index contributed by atoms with van der Waals surface area (Å²) in [6.45, 7) is 5.34. The van der Waals surface area contributed by atoms with Gasteiger partial charge in [-0.3, -0.25) is 14.6 Å². The Morgan fingerprint density at radius 1 is 1.22 bits per heavy atom. The first-order valence-corrected chi connectivity index (χ1v) is 9.62. The third kappa shape index (κ3) is 4.94. The number of amides is 2. The lowest BCUT2D eigenvalue weighted by Crippen LogP contribution is -2.33. The first kappa shape index (κ1) is 19.1. The molecule has 1 unspecified atom stereocenters. The summed E-state index contributed by atoms with van der Waals surface area (Å²) in [7, 11) is 0. The predicted molar refractivity (Wildman–Crippen MR) is 107 cm³/mol. The van der Waals surface area contributed by atoms with E-state index in [1.54, 1.807) is 11.1 Å². The van der Waals surface area contributed by atoms with Gasteiger partial charge in [0.25, 0.3) is 0 Å². The summed E-state index contributed by atoms with van der Waals surface area (Å²) in [4.78, 5) is 30.8. The summed E-state index contributed by atoms with van der Waals surface area (Å²) in [5.41, 5.74) is 3.14. The zero-order chi connectivity index (χ0) is 19.2. The van der Waals surface area contributed by atoms with Crippen LogP contribution in [-0.4, -0.2) is 29.9 Å². The molecule has 2 aromatic rings. The highest BCUT2D eigenvalue weighted by molar-refractivity contribution is 6.00. The van der Waals surface area contributed by atoms with Crippen LogP contribution in [0.25, 0.3) is 0 Å². The number of benzene rings is 1. The van der Waals surface area contributed by atoms with Crippen molar-refractivity contribution in [2.75, 3.05) is 18.0 Å². The van der Waals surface area contributed by atoms with Crippen molar-refractivity contribution in [3.05, 3.63) is 59.9 Å². The largest absolute Gasteiger partial charge is 0.356 e. The first-order valence-electron chi connectivity index (χ1n) is 9.62. The first-order chi connectivity index (χ1) is 13.0. The molecule has 2 heterocycles. The average Bonchev–Trinajstić information content (AvgIpc) is 3.08. The van der Waals surface area contributed by atoms with Crippen LogP contribution in [0.15, 0.2) is 48.7 Å². The molecule has 0 radical (unpaired) electrons. The van der Waals surface area contributed by atoms with Crippen molar-refractivity contribution in [3.63, 3.8) is 0 Å². The topological polar surface area (TPSA) is 62.3 Å². The van der Waals surface area contributed by atoms with Gasteiger partial charge < -0.3 is 10.2 Å². The van der Waals surface area contributed by atoms with Crippen LogP contribution in [0.4, 0.5) is 5.69 Å². The number of carbonyl (C=O) groups excluding carboxylic acids is 2. The Morgan fingerprint density at radius 2 is 2.00 bits per heavy atom. The summed E-state index contributed by atoms with van der Waals surface area (Å²) in [6.07, 6.45) is 3.72. The molecule has 1 saturated heterocycles. The van der Waals surface area contributed by atoms with Crippen molar-refractivity contribution in [2.24, 2.45) is 5.92 Å². The van der Waals surface area contributed by atoms with E-state index in [1.165, 1.54) is 5.56 Å². The summed E-state index contributed by atoms with van der Waals surface area (Å²) in [5.74, 6) is 0.154. The van der Waals surface area contributed by atoms with Crippen LogP contribution in [0.2, 0.25) is 0 Å². The lowest BCUT2D eigenvalue weighted by Gasteiger charge is -2.17. The molecule has 1 atom stereocenters. The fraction of sp³-hybridized carbons (Fsp3) is 0.409. The van der Waals surface area contributed by atoms with E-state index in [2.05, 4.69) is 36.3 Å². The highest BCUT2D eigenvalue weighted by atomic mass is 16.2. The Labute approximate surface area is 160 Å². The van der Waals surface area contributed by atoms with Crippen molar-refractivity contribution in [2.45, 2.75) is 39.0 Å². The van der Waals surface area contributed by atoms with E-state index in [4.69, 9.17) is 0 Å². The molecular weight excluding hydrogens is 338 g/mol. The summed E-state index contributed by atoms with van der Waals surface area (Å²) in [5, 5.41) is 2.97. The minimum absolute atomic E-state index is 0.0148. The zero-order valence-corrected chi connectivity index (χ0v) is 16.0. The van der Waals surface area contributed by atoms with Crippen molar-refractivity contribution in [1.29, 1.82) is 0 Å². The van der Waals surface area contributed by atoms with Crippen molar-refractivity contribution in [1.82, 2.24) is 10.3 Å². The minimum atomic E-state index is -0.280. The SMILES string of the molecule is CC(C)c1ccc(N2CC(C(=O)NCCCc3ccccn3)CC2=O)cc1. The molecule has 1 aliphatic rings. The Balaban J connectivity index is 1.48. The van der Waals surface area contributed by atoms with Crippen LogP contribution < -0.4 is 10.2 Å². The van der Waals surface area contributed by atoms with Crippen LogP contribution in [-0.2, 0) is 16.0 Å². The fourth-order valence-electron chi connectivity index (χ4n) is 3.34. The van der Waals surface area contributed by atoms with Crippen LogP contribution in [0.5, 0.6) is 0 Å². The third-order valence-electron chi connectivity index (χ3n) is 5.00. The van der Waals surface area contributed by atoms with Gasteiger partial charge in [-0.15, -0.1) is 0 Å².